The summed E-state index contributed by atoms with van der Waals surface area (Å²) in [6, 6.07) is 9.13. The van der Waals surface area contributed by atoms with Crippen molar-refractivity contribution < 1.29 is 9.90 Å². The van der Waals surface area contributed by atoms with Gasteiger partial charge in [0.05, 0.1) is 0 Å². The maximum Gasteiger partial charge on any atom is 0.303 e. The number of carboxylic acid groups (broad SMARTS) is 1. The quantitative estimate of drug-likeness (QED) is 0.892. The highest BCUT2D eigenvalue weighted by Gasteiger charge is 2.33. The number of fused-ring (bicyclic) bond motifs is 1. The molecule has 0 heterocycles. The third-order valence-corrected chi connectivity index (χ3v) is 4.53. The summed E-state index contributed by atoms with van der Waals surface area (Å²) in [7, 11) is 2.11. The van der Waals surface area contributed by atoms with Crippen molar-refractivity contribution >= 4 is 5.97 Å². The van der Waals surface area contributed by atoms with Gasteiger partial charge in [-0.3, -0.25) is 9.69 Å². The Bertz CT molecular complexity index is 482. The van der Waals surface area contributed by atoms with Gasteiger partial charge in [0.1, 0.15) is 0 Å². The van der Waals surface area contributed by atoms with Crippen LogP contribution in [0.25, 0.3) is 0 Å². The molecule has 1 aliphatic rings. The molecule has 0 spiro atoms. The minimum absolute atomic E-state index is 0.245. The predicted molar refractivity (Wildman–Crippen MR) is 80.9 cm³/mol. The van der Waals surface area contributed by atoms with Gasteiger partial charge in [-0.1, -0.05) is 38.1 Å². The lowest BCUT2D eigenvalue weighted by molar-refractivity contribution is -0.137. The number of rotatable bonds is 5. The minimum Gasteiger partial charge on any atom is -0.481 e. The summed E-state index contributed by atoms with van der Waals surface area (Å²) in [5.74, 6) is -0.705. The van der Waals surface area contributed by atoms with Crippen molar-refractivity contribution in [2.24, 2.45) is 0 Å². The van der Waals surface area contributed by atoms with Gasteiger partial charge in [0.15, 0.2) is 0 Å². The Kier molecular flexibility index (Phi) is 4.48. The highest BCUT2D eigenvalue weighted by molar-refractivity contribution is 5.66. The molecule has 0 saturated carbocycles. The fourth-order valence-electron chi connectivity index (χ4n) is 3.28. The topological polar surface area (TPSA) is 40.5 Å². The Labute approximate surface area is 121 Å². The van der Waals surface area contributed by atoms with Crippen molar-refractivity contribution in [2.45, 2.75) is 51.0 Å². The van der Waals surface area contributed by atoms with Gasteiger partial charge in [-0.2, -0.15) is 0 Å². The second-order valence-corrected chi connectivity index (χ2v) is 6.50. The molecule has 0 aliphatic heterocycles. The Morgan fingerprint density at radius 1 is 1.40 bits per heavy atom. The van der Waals surface area contributed by atoms with Crippen molar-refractivity contribution in [3.8, 4) is 0 Å². The molecule has 0 amide bonds. The zero-order chi connectivity index (χ0) is 14.8. The average Bonchev–Trinajstić information content (AvgIpc) is 2.38. The van der Waals surface area contributed by atoms with E-state index in [1.54, 1.807) is 0 Å². The van der Waals surface area contributed by atoms with E-state index in [0.29, 0.717) is 12.5 Å². The van der Waals surface area contributed by atoms with Gasteiger partial charge in [-0.25, -0.2) is 0 Å². The highest BCUT2D eigenvalue weighted by Crippen LogP contribution is 2.43. The second kappa shape index (κ2) is 5.96. The van der Waals surface area contributed by atoms with Gasteiger partial charge < -0.3 is 5.11 Å². The third kappa shape index (κ3) is 3.21. The summed E-state index contributed by atoms with van der Waals surface area (Å²) < 4.78 is 0. The van der Waals surface area contributed by atoms with Gasteiger partial charge in [0, 0.05) is 12.5 Å². The van der Waals surface area contributed by atoms with Crippen molar-refractivity contribution in [1.29, 1.82) is 0 Å². The van der Waals surface area contributed by atoms with Crippen LogP contribution in [0.15, 0.2) is 24.3 Å². The van der Waals surface area contributed by atoms with E-state index in [2.05, 4.69) is 50.1 Å². The maximum absolute atomic E-state index is 10.6. The van der Waals surface area contributed by atoms with E-state index in [4.69, 9.17) is 5.11 Å². The number of carbonyl (C=O) groups is 1. The van der Waals surface area contributed by atoms with Gasteiger partial charge in [0.2, 0.25) is 0 Å². The molecule has 1 aromatic carbocycles. The van der Waals surface area contributed by atoms with Crippen LogP contribution in [0.2, 0.25) is 0 Å². The van der Waals surface area contributed by atoms with E-state index >= 15 is 0 Å². The van der Waals surface area contributed by atoms with Gasteiger partial charge >= 0.3 is 5.97 Å². The van der Waals surface area contributed by atoms with E-state index in [0.717, 1.165) is 13.0 Å². The standard InChI is InChI=1S/C17H25NO2/c1-17(2)11-10-15(13-7-4-5-8-14(13)17)18(3)12-6-9-16(19)20/h4-5,7-8,15H,6,9-12H2,1-3H3,(H,19,20). The van der Waals surface area contributed by atoms with Crippen LogP contribution in [-0.4, -0.2) is 29.6 Å². The molecule has 0 bridgehead atoms. The van der Waals surface area contributed by atoms with E-state index in [1.807, 2.05) is 0 Å². The Morgan fingerprint density at radius 3 is 2.80 bits per heavy atom. The molecule has 0 aromatic heterocycles. The second-order valence-electron chi connectivity index (χ2n) is 6.50. The molecular formula is C17H25NO2. The maximum atomic E-state index is 10.6. The molecule has 3 heteroatoms. The minimum atomic E-state index is -0.705. The molecule has 2 rings (SSSR count). The van der Waals surface area contributed by atoms with Crippen molar-refractivity contribution in [1.82, 2.24) is 4.90 Å². The van der Waals surface area contributed by atoms with Gasteiger partial charge in [-0.05, 0) is 49.4 Å². The fraction of sp³-hybridized carbons (Fsp3) is 0.588. The van der Waals surface area contributed by atoms with Crippen molar-refractivity contribution in [2.75, 3.05) is 13.6 Å². The van der Waals surface area contributed by atoms with Crippen LogP contribution in [0.1, 0.15) is 56.7 Å². The molecule has 1 aromatic rings. The van der Waals surface area contributed by atoms with E-state index in [-0.39, 0.29) is 11.8 Å². The number of benzene rings is 1. The van der Waals surface area contributed by atoms with E-state index in [1.165, 1.54) is 17.5 Å². The number of carboxylic acids is 1. The van der Waals surface area contributed by atoms with Crippen LogP contribution >= 0.6 is 0 Å². The Morgan fingerprint density at radius 2 is 2.10 bits per heavy atom. The number of aliphatic carboxylic acids is 1. The zero-order valence-electron chi connectivity index (χ0n) is 12.7. The molecule has 3 nitrogen and oxygen atoms in total. The number of nitrogens with zero attached hydrogens (tertiary/aromatic N) is 1. The molecule has 1 atom stereocenters. The fourth-order valence-corrected chi connectivity index (χ4v) is 3.28. The first-order valence-corrected chi connectivity index (χ1v) is 7.43. The third-order valence-electron chi connectivity index (χ3n) is 4.53. The lowest BCUT2D eigenvalue weighted by atomic mass is 9.71. The molecular weight excluding hydrogens is 250 g/mol. The van der Waals surface area contributed by atoms with Crippen molar-refractivity contribution in [3.63, 3.8) is 0 Å². The summed E-state index contributed by atoms with van der Waals surface area (Å²) in [4.78, 5) is 12.9. The van der Waals surface area contributed by atoms with Crippen LogP contribution in [0.5, 0.6) is 0 Å². The highest BCUT2D eigenvalue weighted by atomic mass is 16.4. The van der Waals surface area contributed by atoms with Crippen LogP contribution in [0, 0.1) is 0 Å². The lowest BCUT2D eigenvalue weighted by Gasteiger charge is -2.40. The largest absolute Gasteiger partial charge is 0.481 e. The Balaban J connectivity index is 2.12. The normalized spacial score (nSPS) is 20.7. The number of hydrogen-bond donors (Lipinski definition) is 1. The first-order valence-electron chi connectivity index (χ1n) is 7.43. The van der Waals surface area contributed by atoms with Crippen LogP contribution < -0.4 is 0 Å². The molecule has 0 radical (unpaired) electrons. The summed E-state index contributed by atoms with van der Waals surface area (Å²) >= 11 is 0. The summed E-state index contributed by atoms with van der Waals surface area (Å²) in [6.45, 7) is 5.46. The van der Waals surface area contributed by atoms with Crippen LogP contribution in [0.4, 0.5) is 0 Å². The molecule has 1 N–H and O–H groups in total. The summed E-state index contributed by atoms with van der Waals surface area (Å²) in [5, 5.41) is 8.74. The van der Waals surface area contributed by atoms with E-state index < -0.39 is 5.97 Å². The van der Waals surface area contributed by atoms with Crippen LogP contribution in [0.3, 0.4) is 0 Å². The first kappa shape index (κ1) is 15.0. The molecule has 0 fully saturated rings. The monoisotopic (exact) mass is 275 g/mol. The number of hydrogen-bond acceptors (Lipinski definition) is 2. The summed E-state index contributed by atoms with van der Waals surface area (Å²) in [5.41, 5.74) is 3.11. The molecule has 110 valence electrons. The van der Waals surface area contributed by atoms with Gasteiger partial charge in [0.25, 0.3) is 0 Å². The lowest BCUT2D eigenvalue weighted by Crippen LogP contribution is -2.34. The predicted octanol–water partition coefficient (Wildman–Crippen LogP) is 3.60. The zero-order valence-corrected chi connectivity index (χ0v) is 12.7. The molecule has 20 heavy (non-hydrogen) atoms. The average molecular weight is 275 g/mol. The SMILES string of the molecule is CN(CCCC(=O)O)C1CCC(C)(C)c2ccccc21. The van der Waals surface area contributed by atoms with Crippen LogP contribution in [-0.2, 0) is 10.2 Å². The Hall–Kier alpha value is -1.35. The first-order chi connectivity index (χ1) is 9.42. The van der Waals surface area contributed by atoms with E-state index in [9.17, 15) is 4.79 Å². The molecule has 1 aliphatic carbocycles. The molecule has 0 saturated heterocycles. The summed E-state index contributed by atoms with van der Waals surface area (Å²) in [6.07, 6.45) is 3.30. The van der Waals surface area contributed by atoms with Crippen molar-refractivity contribution in [3.05, 3.63) is 35.4 Å². The smallest absolute Gasteiger partial charge is 0.303 e. The molecule has 1 unspecified atom stereocenters. The van der Waals surface area contributed by atoms with Gasteiger partial charge in [-0.15, -0.1) is 0 Å².